The molecule has 2 heterocycles. The van der Waals surface area contributed by atoms with Crippen molar-refractivity contribution in [1.29, 1.82) is 0 Å². The number of nitrogens with one attached hydrogen (secondary N) is 1. The zero-order valence-corrected chi connectivity index (χ0v) is 15.5. The van der Waals surface area contributed by atoms with Crippen molar-refractivity contribution in [3.8, 4) is 0 Å². The van der Waals surface area contributed by atoms with Gasteiger partial charge in [0, 0.05) is 30.1 Å². The first-order valence-corrected chi connectivity index (χ1v) is 9.56. The Bertz CT molecular complexity index is 796. The van der Waals surface area contributed by atoms with E-state index in [4.69, 9.17) is 4.42 Å². The lowest BCUT2D eigenvalue weighted by Gasteiger charge is -2.32. The molecule has 4 heteroatoms. The topological polar surface area (TPSA) is 45.5 Å². The van der Waals surface area contributed by atoms with Crippen molar-refractivity contribution in [2.75, 3.05) is 19.6 Å². The number of furan rings is 1. The highest BCUT2D eigenvalue weighted by Gasteiger charge is 2.29. The Morgan fingerprint density at radius 2 is 1.80 bits per heavy atom. The number of aryl methyl sites for hydroxylation is 3. The van der Waals surface area contributed by atoms with Crippen LogP contribution in [-0.4, -0.2) is 36.5 Å². The lowest BCUT2D eigenvalue weighted by Crippen LogP contribution is -2.45. The van der Waals surface area contributed by atoms with Crippen LogP contribution >= 0.6 is 0 Å². The van der Waals surface area contributed by atoms with E-state index < -0.39 is 0 Å². The van der Waals surface area contributed by atoms with Crippen molar-refractivity contribution < 1.29 is 9.21 Å². The van der Waals surface area contributed by atoms with Crippen LogP contribution in [-0.2, 0) is 0 Å². The summed E-state index contributed by atoms with van der Waals surface area (Å²) >= 11 is 0. The van der Waals surface area contributed by atoms with Gasteiger partial charge in [-0.15, -0.1) is 0 Å². The predicted molar refractivity (Wildman–Crippen MR) is 100 cm³/mol. The first-order chi connectivity index (χ1) is 12.0. The summed E-state index contributed by atoms with van der Waals surface area (Å²) in [5, 5.41) is 4.77. The van der Waals surface area contributed by atoms with Crippen molar-refractivity contribution in [2.45, 2.75) is 52.5 Å². The van der Waals surface area contributed by atoms with E-state index in [-0.39, 0.29) is 5.91 Å². The SMILES string of the molecule is Cc1ccc(C)c2c(C)c(C(=O)N3CCC(NCC4CC4)CC3)oc12. The smallest absolute Gasteiger partial charge is 0.289 e. The van der Waals surface area contributed by atoms with Crippen LogP contribution in [0.1, 0.15) is 52.9 Å². The molecule has 134 valence electrons. The third kappa shape index (κ3) is 3.20. The van der Waals surface area contributed by atoms with Gasteiger partial charge in [-0.05, 0) is 70.0 Å². The fourth-order valence-corrected chi connectivity index (χ4v) is 3.96. The molecule has 25 heavy (non-hydrogen) atoms. The van der Waals surface area contributed by atoms with Gasteiger partial charge >= 0.3 is 0 Å². The van der Waals surface area contributed by atoms with Gasteiger partial charge < -0.3 is 14.6 Å². The molecule has 0 unspecified atom stereocenters. The number of rotatable bonds is 4. The van der Waals surface area contributed by atoms with Crippen LogP contribution in [0, 0.1) is 26.7 Å². The van der Waals surface area contributed by atoms with Crippen LogP contribution in [0.2, 0.25) is 0 Å². The van der Waals surface area contributed by atoms with E-state index >= 15 is 0 Å². The maximum Gasteiger partial charge on any atom is 0.289 e. The lowest BCUT2D eigenvalue weighted by molar-refractivity contribution is 0.0674. The zero-order chi connectivity index (χ0) is 17.6. The number of fused-ring (bicyclic) bond motifs is 1. The molecule has 1 aromatic heterocycles. The van der Waals surface area contributed by atoms with Gasteiger partial charge in [0.1, 0.15) is 5.58 Å². The van der Waals surface area contributed by atoms with Crippen LogP contribution in [0.5, 0.6) is 0 Å². The molecule has 0 atom stereocenters. The highest BCUT2D eigenvalue weighted by Crippen LogP contribution is 2.32. The molecule has 0 radical (unpaired) electrons. The monoisotopic (exact) mass is 340 g/mol. The Labute approximate surface area is 149 Å². The fraction of sp³-hybridized carbons (Fsp3) is 0.571. The Hall–Kier alpha value is -1.81. The number of piperidine rings is 1. The van der Waals surface area contributed by atoms with Gasteiger partial charge in [-0.3, -0.25) is 4.79 Å². The highest BCUT2D eigenvalue weighted by molar-refractivity contribution is 6.00. The molecule has 1 saturated carbocycles. The minimum atomic E-state index is 0.0492. The largest absolute Gasteiger partial charge is 0.450 e. The molecule has 0 bridgehead atoms. The number of likely N-dealkylation sites (tertiary alicyclic amines) is 1. The standard InChI is InChI=1S/C21H28N2O2/c1-13-4-5-14(2)19-18(13)15(3)20(25-19)21(24)23-10-8-17(9-11-23)22-12-16-6-7-16/h4-5,16-17,22H,6-12H2,1-3H3. The first-order valence-electron chi connectivity index (χ1n) is 9.56. The minimum Gasteiger partial charge on any atom is -0.450 e. The van der Waals surface area contributed by atoms with Crippen molar-refractivity contribution in [1.82, 2.24) is 10.2 Å². The Kier molecular flexibility index (Phi) is 4.32. The summed E-state index contributed by atoms with van der Waals surface area (Å²) in [6, 6.07) is 4.73. The third-order valence-corrected chi connectivity index (χ3v) is 5.85. The maximum absolute atomic E-state index is 13.0. The van der Waals surface area contributed by atoms with Crippen LogP contribution in [0.3, 0.4) is 0 Å². The summed E-state index contributed by atoms with van der Waals surface area (Å²) in [6.45, 7) is 8.91. The molecule has 1 aromatic carbocycles. The number of nitrogens with zero attached hydrogens (tertiary/aromatic N) is 1. The predicted octanol–water partition coefficient (Wildman–Crippen LogP) is 3.96. The highest BCUT2D eigenvalue weighted by atomic mass is 16.3. The van der Waals surface area contributed by atoms with Gasteiger partial charge in [-0.2, -0.15) is 0 Å². The summed E-state index contributed by atoms with van der Waals surface area (Å²) in [6.07, 6.45) is 4.84. The van der Waals surface area contributed by atoms with E-state index in [1.165, 1.54) is 18.4 Å². The molecule has 1 aliphatic carbocycles. The number of hydrogen-bond acceptors (Lipinski definition) is 3. The van der Waals surface area contributed by atoms with Crippen LogP contribution in [0.4, 0.5) is 0 Å². The fourth-order valence-electron chi connectivity index (χ4n) is 3.96. The van der Waals surface area contributed by atoms with E-state index in [1.54, 1.807) is 0 Å². The van der Waals surface area contributed by atoms with Crippen LogP contribution in [0.15, 0.2) is 16.5 Å². The molecule has 1 amide bonds. The second-order valence-corrected chi connectivity index (χ2v) is 7.88. The number of carbonyl (C=O) groups is 1. The molecule has 1 saturated heterocycles. The minimum absolute atomic E-state index is 0.0492. The Morgan fingerprint density at radius 1 is 1.12 bits per heavy atom. The molecule has 2 aromatic rings. The van der Waals surface area contributed by atoms with Crippen molar-refractivity contribution in [3.05, 3.63) is 34.6 Å². The van der Waals surface area contributed by atoms with E-state index in [0.29, 0.717) is 11.8 Å². The quantitative estimate of drug-likeness (QED) is 0.916. The molecule has 1 aliphatic heterocycles. The third-order valence-electron chi connectivity index (χ3n) is 5.85. The number of carbonyl (C=O) groups excluding carboxylic acids is 1. The lowest BCUT2D eigenvalue weighted by atomic mass is 10.0. The molecule has 2 fully saturated rings. The van der Waals surface area contributed by atoms with Crippen molar-refractivity contribution in [3.63, 3.8) is 0 Å². The summed E-state index contributed by atoms with van der Waals surface area (Å²) in [4.78, 5) is 15.0. The van der Waals surface area contributed by atoms with Gasteiger partial charge in [0.15, 0.2) is 5.76 Å². The van der Waals surface area contributed by atoms with E-state index in [9.17, 15) is 4.79 Å². The second kappa shape index (κ2) is 6.49. The van der Waals surface area contributed by atoms with Gasteiger partial charge in [-0.1, -0.05) is 12.1 Å². The summed E-state index contributed by atoms with van der Waals surface area (Å²) in [5.74, 6) is 1.48. The van der Waals surface area contributed by atoms with Crippen LogP contribution < -0.4 is 5.32 Å². The molecular formula is C21H28N2O2. The second-order valence-electron chi connectivity index (χ2n) is 7.88. The van der Waals surface area contributed by atoms with E-state index in [0.717, 1.165) is 60.5 Å². The van der Waals surface area contributed by atoms with E-state index in [1.807, 2.05) is 18.7 Å². The Balaban J connectivity index is 1.48. The molecule has 4 rings (SSSR count). The van der Waals surface area contributed by atoms with E-state index in [2.05, 4.69) is 24.4 Å². The van der Waals surface area contributed by atoms with Gasteiger partial charge in [0.05, 0.1) is 0 Å². The van der Waals surface area contributed by atoms with Crippen molar-refractivity contribution >= 4 is 16.9 Å². The zero-order valence-electron chi connectivity index (χ0n) is 15.5. The Morgan fingerprint density at radius 3 is 2.44 bits per heavy atom. The summed E-state index contributed by atoms with van der Waals surface area (Å²) < 4.78 is 6.03. The average Bonchev–Trinajstić information content (AvgIpc) is 3.38. The number of amides is 1. The van der Waals surface area contributed by atoms with Gasteiger partial charge in [0.25, 0.3) is 5.91 Å². The summed E-state index contributed by atoms with van der Waals surface area (Å²) in [7, 11) is 0. The van der Waals surface area contributed by atoms with Crippen LogP contribution in [0.25, 0.3) is 11.0 Å². The van der Waals surface area contributed by atoms with Gasteiger partial charge in [-0.25, -0.2) is 0 Å². The number of benzene rings is 1. The molecule has 0 spiro atoms. The summed E-state index contributed by atoms with van der Waals surface area (Å²) in [5.41, 5.74) is 4.10. The first kappa shape index (κ1) is 16.6. The maximum atomic E-state index is 13.0. The molecule has 1 N–H and O–H groups in total. The molecule has 2 aliphatic rings. The van der Waals surface area contributed by atoms with Crippen molar-refractivity contribution in [2.24, 2.45) is 5.92 Å². The molecular weight excluding hydrogens is 312 g/mol. The molecule has 4 nitrogen and oxygen atoms in total. The number of hydrogen-bond donors (Lipinski definition) is 1. The average molecular weight is 340 g/mol. The van der Waals surface area contributed by atoms with Gasteiger partial charge in [0.2, 0.25) is 0 Å². The normalized spacial score (nSPS) is 18.9.